The van der Waals surface area contributed by atoms with E-state index >= 15 is 4.39 Å². The molecular weight excluding hydrogens is 477 g/mol. The van der Waals surface area contributed by atoms with E-state index in [1.54, 1.807) is 36.4 Å². The molecule has 0 spiro atoms. The molecule has 0 aliphatic heterocycles. The number of hydrogen-bond acceptors (Lipinski definition) is 0. The molecule has 0 aromatic heterocycles. The molecule has 2 aliphatic carbocycles. The van der Waals surface area contributed by atoms with Gasteiger partial charge in [0.05, 0.1) is 0 Å². The van der Waals surface area contributed by atoms with Crippen molar-refractivity contribution in [3.8, 4) is 22.3 Å². The molecule has 198 valence electrons. The summed E-state index contributed by atoms with van der Waals surface area (Å²) in [5.74, 6) is 0.504. The van der Waals surface area contributed by atoms with Crippen LogP contribution >= 0.6 is 0 Å². The minimum Gasteiger partial charge on any atom is -0.206 e. The van der Waals surface area contributed by atoms with Crippen LogP contribution in [0, 0.1) is 35.2 Å². The molecule has 1 saturated carbocycles. The molecule has 1 fully saturated rings. The lowest BCUT2D eigenvalue weighted by molar-refractivity contribution is 0.190. The fourth-order valence-corrected chi connectivity index (χ4v) is 6.50. The third kappa shape index (κ3) is 5.98. The molecule has 0 heterocycles. The molecule has 0 nitrogen and oxygen atoms in total. The van der Waals surface area contributed by atoms with Crippen molar-refractivity contribution in [2.24, 2.45) is 17.8 Å². The lowest BCUT2D eigenvalue weighted by Gasteiger charge is -2.35. The highest BCUT2D eigenvalue weighted by molar-refractivity contribution is 5.74. The Morgan fingerprint density at radius 2 is 1.45 bits per heavy atom. The van der Waals surface area contributed by atoms with Gasteiger partial charge in [0.25, 0.3) is 0 Å². The zero-order chi connectivity index (χ0) is 26.5. The third-order valence-corrected chi connectivity index (χ3v) is 8.79. The van der Waals surface area contributed by atoms with E-state index in [1.807, 2.05) is 12.1 Å². The van der Waals surface area contributed by atoms with E-state index in [0.29, 0.717) is 16.7 Å². The first-order chi connectivity index (χ1) is 18.5. The van der Waals surface area contributed by atoms with Gasteiger partial charge in [0, 0.05) is 11.1 Å². The van der Waals surface area contributed by atoms with Gasteiger partial charge in [0.2, 0.25) is 0 Å². The minimum absolute atomic E-state index is 0.201. The van der Waals surface area contributed by atoms with E-state index in [2.05, 4.69) is 25.2 Å². The maximum absolute atomic E-state index is 15.2. The van der Waals surface area contributed by atoms with Gasteiger partial charge >= 0.3 is 0 Å². The summed E-state index contributed by atoms with van der Waals surface area (Å²) >= 11 is 0. The first-order valence-corrected chi connectivity index (χ1v) is 14.2. The summed E-state index contributed by atoms with van der Waals surface area (Å²) in [6.07, 6.45) is 18.1. The molecule has 3 heteroatoms. The van der Waals surface area contributed by atoms with Crippen LogP contribution in [0.15, 0.2) is 78.9 Å². The number of allylic oxidation sites excluding steroid dienone is 4. The van der Waals surface area contributed by atoms with Gasteiger partial charge in [-0.15, -0.1) is 0 Å². The lowest BCUT2D eigenvalue weighted by Crippen LogP contribution is -2.23. The van der Waals surface area contributed by atoms with E-state index in [9.17, 15) is 8.78 Å². The topological polar surface area (TPSA) is 0 Å². The summed E-state index contributed by atoms with van der Waals surface area (Å²) in [6.45, 7) is 2.10. The second-order valence-corrected chi connectivity index (χ2v) is 11.1. The van der Waals surface area contributed by atoms with Crippen molar-refractivity contribution in [1.29, 1.82) is 0 Å². The number of benzene rings is 3. The largest absolute Gasteiger partial charge is 0.206 e. The highest BCUT2D eigenvalue weighted by atomic mass is 19.2. The number of hydrogen-bond donors (Lipinski definition) is 0. The normalized spacial score (nSPS) is 22.0. The van der Waals surface area contributed by atoms with Gasteiger partial charge in [-0.3, -0.25) is 0 Å². The molecule has 3 aromatic carbocycles. The fraction of sp³-hybridized carbons (Fsp3) is 0.371. The zero-order valence-electron chi connectivity index (χ0n) is 22.2. The van der Waals surface area contributed by atoms with E-state index in [-0.39, 0.29) is 11.4 Å². The Kier molecular flexibility index (Phi) is 8.51. The van der Waals surface area contributed by atoms with Crippen LogP contribution in [0.25, 0.3) is 27.8 Å². The second-order valence-electron chi connectivity index (χ2n) is 11.1. The van der Waals surface area contributed by atoms with E-state index in [4.69, 9.17) is 0 Å². The monoisotopic (exact) mass is 514 g/mol. The standard InChI is InChI=1S/C35H37F3/c1-2-3-4-6-24-9-11-25(12-10-24)26-13-15-27(16-14-26)30-21-22-31(34(37)23-30)28-17-19-29(20-18-28)32-7-5-8-33(36)35(32)38/h2-3,5,7-8,15,17-26H,4,6,9-14,16H2,1H3/b3-2+. The second kappa shape index (κ2) is 12.2. The highest BCUT2D eigenvalue weighted by Gasteiger charge is 2.28. The molecule has 5 rings (SSSR count). The van der Waals surface area contributed by atoms with Crippen molar-refractivity contribution in [2.75, 3.05) is 0 Å². The van der Waals surface area contributed by atoms with Crippen LogP contribution < -0.4 is 0 Å². The van der Waals surface area contributed by atoms with Gasteiger partial charge in [-0.1, -0.05) is 79.6 Å². The Bertz CT molecular complexity index is 1290. The summed E-state index contributed by atoms with van der Waals surface area (Å²) in [6, 6.07) is 16.6. The van der Waals surface area contributed by atoms with Crippen molar-refractivity contribution in [3.05, 3.63) is 102 Å². The van der Waals surface area contributed by atoms with Crippen LogP contribution in [0.3, 0.4) is 0 Å². The summed E-state index contributed by atoms with van der Waals surface area (Å²) in [5.41, 5.74) is 4.22. The van der Waals surface area contributed by atoms with Crippen LogP contribution in [-0.2, 0) is 0 Å². The van der Waals surface area contributed by atoms with E-state index < -0.39 is 11.6 Å². The Labute approximate surface area is 225 Å². The molecular formula is C35H37F3. The van der Waals surface area contributed by atoms with Crippen LogP contribution in [0.1, 0.15) is 70.3 Å². The quantitative estimate of drug-likeness (QED) is 0.275. The maximum atomic E-state index is 15.2. The van der Waals surface area contributed by atoms with Gasteiger partial charge in [-0.05, 0) is 104 Å². The predicted molar refractivity (Wildman–Crippen MR) is 152 cm³/mol. The van der Waals surface area contributed by atoms with Crippen LogP contribution in [0.5, 0.6) is 0 Å². The first kappa shape index (κ1) is 26.5. The van der Waals surface area contributed by atoms with Crippen LogP contribution in [0.2, 0.25) is 0 Å². The van der Waals surface area contributed by atoms with Crippen molar-refractivity contribution in [3.63, 3.8) is 0 Å². The van der Waals surface area contributed by atoms with Gasteiger partial charge < -0.3 is 0 Å². The Morgan fingerprint density at radius 3 is 2.11 bits per heavy atom. The molecule has 1 atom stereocenters. The Balaban J connectivity index is 1.21. The summed E-state index contributed by atoms with van der Waals surface area (Å²) in [5, 5.41) is 0. The molecule has 38 heavy (non-hydrogen) atoms. The Morgan fingerprint density at radius 1 is 0.737 bits per heavy atom. The number of rotatable bonds is 7. The van der Waals surface area contributed by atoms with Gasteiger partial charge in [-0.25, -0.2) is 13.2 Å². The first-order valence-electron chi connectivity index (χ1n) is 14.2. The summed E-state index contributed by atoms with van der Waals surface area (Å²) < 4.78 is 43.0. The molecule has 0 bridgehead atoms. The molecule has 0 radical (unpaired) electrons. The maximum Gasteiger partial charge on any atom is 0.166 e. The number of halogens is 3. The average molecular weight is 515 g/mol. The van der Waals surface area contributed by atoms with Gasteiger partial charge in [0.15, 0.2) is 11.6 Å². The SMILES string of the molecule is C/C=C/CCC1CCC(C2CC=C(c3ccc(-c4ccc(-c5cccc(F)c5F)cc4)c(F)c3)CC2)CC1. The minimum atomic E-state index is -0.875. The molecule has 0 saturated heterocycles. The summed E-state index contributed by atoms with van der Waals surface area (Å²) in [4.78, 5) is 0. The van der Waals surface area contributed by atoms with E-state index in [1.165, 1.54) is 56.6 Å². The molecule has 0 amide bonds. The lowest BCUT2D eigenvalue weighted by atomic mass is 9.70. The van der Waals surface area contributed by atoms with Crippen molar-refractivity contribution in [2.45, 2.75) is 64.7 Å². The smallest absolute Gasteiger partial charge is 0.166 e. The van der Waals surface area contributed by atoms with Crippen molar-refractivity contribution < 1.29 is 13.2 Å². The third-order valence-electron chi connectivity index (χ3n) is 8.79. The van der Waals surface area contributed by atoms with Crippen LogP contribution in [0.4, 0.5) is 13.2 Å². The average Bonchev–Trinajstić information content (AvgIpc) is 2.95. The molecule has 2 aliphatic rings. The zero-order valence-corrected chi connectivity index (χ0v) is 22.2. The van der Waals surface area contributed by atoms with Gasteiger partial charge in [-0.2, -0.15) is 0 Å². The fourth-order valence-electron chi connectivity index (χ4n) is 6.50. The molecule has 0 N–H and O–H groups in total. The van der Waals surface area contributed by atoms with Gasteiger partial charge in [0.1, 0.15) is 5.82 Å². The Hall–Kier alpha value is -3.07. The van der Waals surface area contributed by atoms with E-state index in [0.717, 1.165) is 42.2 Å². The summed E-state index contributed by atoms with van der Waals surface area (Å²) in [7, 11) is 0. The highest BCUT2D eigenvalue weighted by Crippen LogP contribution is 2.42. The van der Waals surface area contributed by atoms with Crippen molar-refractivity contribution >= 4 is 5.57 Å². The predicted octanol–water partition coefficient (Wildman–Crippen LogP) is 10.8. The molecule has 3 aromatic rings. The van der Waals surface area contributed by atoms with Crippen molar-refractivity contribution in [1.82, 2.24) is 0 Å². The molecule has 1 unspecified atom stereocenters. The van der Waals surface area contributed by atoms with Crippen LogP contribution in [-0.4, -0.2) is 0 Å².